The first-order chi connectivity index (χ1) is 10.1. The van der Waals surface area contributed by atoms with Crippen molar-refractivity contribution in [2.75, 3.05) is 5.32 Å². The lowest BCUT2D eigenvalue weighted by molar-refractivity contribution is 0.199. The molecule has 1 fully saturated rings. The van der Waals surface area contributed by atoms with Gasteiger partial charge in [0.15, 0.2) is 0 Å². The van der Waals surface area contributed by atoms with Gasteiger partial charge in [-0.15, -0.1) is 0 Å². The van der Waals surface area contributed by atoms with Crippen LogP contribution in [0.5, 0.6) is 0 Å². The Hall–Kier alpha value is -1.55. The second kappa shape index (κ2) is 8.03. The standard InChI is InChI=1S/C17H26N2O2/c1-13(20)14-9-11-16(12-10-14)19-17(21)18-15-7-5-3-2-4-6-8-15/h9-13,15,20H,2-8H2,1H3,(H2,18,19,21). The molecular formula is C17H26N2O2. The molecule has 116 valence electrons. The number of carbonyl (C=O) groups is 1. The number of hydrogen-bond donors (Lipinski definition) is 3. The third-order valence-corrected chi connectivity index (χ3v) is 4.09. The van der Waals surface area contributed by atoms with Crippen LogP contribution in [0.2, 0.25) is 0 Å². The first-order valence-corrected chi connectivity index (χ1v) is 8.00. The van der Waals surface area contributed by atoms with Crippen LogP contribution >= 0.6 is 0 Å². The van der Waals surface area contributed by atoms with Crippen molar-refractivity contribution < 1.29 is 9.90 Å². The van der Waals surface area contributed by atoms with E-state index in [1.807, 2.05) is 24.3 Å². The fraction of sp³-hybridized carbons (Fsp3) is 0.588. The molecule has 0 heterocycles. The largest absolute Gasteiger partial charge is 0.389 e. The van der Waals surface area contributed by atoms with Crippen LogP contribution in [0.1, 0.15) is 63.5 Å². The highest BCUT2D eigenvalue weighted by atomic mass is 16.3. The zero-order valence-corrected chi connectivity index (χ0v) is 12.8. The van der Waals surface area contributed by atoms with Crippen molar-refractivity contribution in [1.82, 2.24) is 5.32 Å². The molecule has 1 aliphatic rings. The lowest BCUT2D eigenvalue weighted by Crippen LogP contribution is -2.38. The van der Waals surface area contributed by atoms with Crippen molar-refractivity contribution in [2.24, 2.45) is 0 Å². The Morgan fingerprint density at radius 1 is 1.10 bits per heavy atom. The molecule has 21 heavy (non-hydrogen) atoms. The van der Waals surface area contributed by atoms with E-state index in [0.717, 1.165) is 24.1 Å². The minimum Gasteiger partial charge on any atom is -0.389 e. The number of anilines is 1. The summed E-state index contributed by atoms with van der Waals surface area (Å²) in [5.74, 6) is 0. The average molecular weight is 290 g/mol. The Balaban J connectivity index is 1.82. The van der Waals surface area contributed by atoms with Crippen LogP contribution < -0.4 is 10.6 Å². The highest BCUT2D eigenvalue weighted by molar-refractivity contribution is 5.89. The lowest BCUT2D eigenvalue weighted by Gasteiger charge is -2.21. The topological polar surface area (TPSA) is 61.4 Å². The lowest BCUT2D eigenvalue weighted by atomic mass is 9.97. The summed E-state index contributed by atoms with van der Waals surface area (Å²) < 4.78 is 0. The number of urea groups is 1. The smallest absolute Gasteiger partial charge is 0.319 e. The SMILES string of the molecule is CC(O)c1ccc(NC(=O)NC2CCCCCCC2)cc1. The highest BCUT2D eigenvalue weighted by Crippen LogP contribution is 2.18. The van der Waals surface area contributed by atoms with Gasteiger partial charge in [-0.05, 0) is 37.5 Å². The Labute approximate surface area is 126 Å². The molecule has 0 bridgehead atoms. The summed E-state index contributed by atoms with van der Waals surface area (Å²) in [5.41, 5.74) is 1.60. The third-order valence-electron chi connectivity index (χ3n) is 4.09. The van der Waals surface area contributed by atoms with Gasteiger partial charge in [0.25, 0.3) is 0 Å². The van der Waals surface area contributed by atoms with E-state index in [-0.39, 0.29) is 6.03 Å². The van der Waals surface area contributed by atoms with Crippen LogP contribution in [0.15, 0.2) is 24.3 Å². The molecule has 0 spiro atoms. The van der Waals surface area contributed by atoms with E-state index in [1.54, 1.807) is 6.92 Å². The Bertz CT molecular complexity index is 435. The molecule has 1 saturated carbocycles. The van der Waals surface area contributed by atoms with Crippen LogP contribution in [-0.4, -0.2) is 17.2 Å². The van der Waals surface area contributed by atoms with Crippen LogP contribution in [0.3, 0.4) is 0 Å². The number of carbonyl (C=O) groups excluding carboxylic acids is 1. The van der Waals surface area contributed by atoms with Crippen molar-refractivity contribution in [3.63, 3.8) is 0 Å². The molecule has 2 amide bonds. The van der Waals surface area contributed by atoms with Gasteiger partial charge in [0.2, 0.25) is 0 Å². The van der Waals surface area contributed by atoms with Gasteiger partial charge in [0.05, 0.1) is 6.10 Å². The van der Waals surface area contributed by atoms with Gasteiger partial charge in [-0.25, -0.2) is 4.79 Å². The van der Waals surface area contributed by atoms with Crippen molar-refractivity contribution >= 4 is 11.7 Å². The second-order valence-electron chi connectivity index (χ2n) is 5.94. The van der Waals surface area contributed by atoms with Crippen molar-refractivity contribution in [1.29, 1.82) is 0 Å². The maximum Gasteiger partial charge on any atom is 0.319 e. The first-order valence-electron chi connectivity index (χ1n) is 8.00. The van der Waals surface area contributed by atoms with Crippen molar-refractivity contribution in [2.45, 2.75) is 64.0 Å². The molecule has 1 aromatic carbocycles. The van der Waals surface area contributed by atoms with E-state index in [4.69, 9.17) is 0 Å². The van der Waals surface area contributed by atoms with Crippen LogP contribution in [-0.2, 0) is 0 Å². The minimum absolute atomic E-state index is 0.134. The number of benzene rings is 1. The zero-order chi connectivity index (χ0) is 15.1. The maximum absolute atomic E-state index is 12.0. The Morgan fingerprint density at radius 3 is 2.24 bits per heavy atom. The summed E-state index contributed by atoms with van der Waals surface area (Å²) >= 11 is 0. The van der Waals surface area contributed by atoms with E-state index >= 15 is 0 Å². The summed E-state index contributed by atoms with van der Waals surface area (Å²) in [5, 5.41) is 15.4. The molecule has 0 radical (unpaired) electrons. The van der Waals surface area contributed by atoms with Gasteiger partial charge in [0, 0.05) is 11.7 Å². The molecule has 1 atom stereocenters. The normalized spacial score (nSPS) is 18.4. The third kappa shape index (κ3) is 5.38. The van der Waals surface area contributed by atoms with Gasteiger partial charge in [-0.3, -0.25) is 0 Å². The number of hydrogen-bond acceptors (Lipinski definition) is 2. The van der Waals surface area contributed by atoms with Crippen LogP contribution in [0.25, 0.3) is 0 Å². The quantitative estimate of drug-likeness (QED) is 0.788. The van der Waals surface area contributed by atoms with E-state index < -0.39 is 6.10 Å². The molecule has 0 aromatic heterocycles. The first kappa shape index (κ1) is 15.8. The van der Waals surface area contributed by atoms with E-state index in [9.17, 15) is 9.90 Å². The number of rotatable bonds is 3. The van der Waals surface area contributed by atoms with Crippen LogP contribution in [0, 0.1) is 0 Å². The van der Waals surface area contributed by atoms with Gasteiger partial charge >= 0.3 is 6.03 Å². The number of aliphatic hydroxyl groups excluding tert-OH is 1. The van der Waals surface area contributed by atoms with E-state index in [0.29, 0.717) is 6.04 Å². The summed E-state index contributed by atoms with van der Waals surface area (Å²) in [6, 6.07) is 7.46. The summed E-state index contributed by atoms with van der Waals surface area (Å²) in [6.07, 6.45) is 7.96. The van der Waals surface area contributed by atoms with Crippen molar-refractivity contribution in [3.05, 3.63) is 29.8 Å². The molecule has 4 heteroatoms. The molecule has 2 rings (SSSR count). The van der Waals surface area contributed by atoms with Crippen molar-refractivity contribution in [3.8, 4) is 0 Å². The minimum atomic E-state index is -0.484. The summed E-state index contributed by atoms with van der Waals surface area (Å²) in [7, 11) is 0. The molecular weight excluding hydrogens is 264 g/mol. The average Bonchev–Trinajstić information content (AvgIpc) is 2.42. The van der Waals surface area contributed by atoms with Gasteiger partial charge in [0.1, 0.15) is 0 Å². The summed E-state index contributed by atoms with van der Waals surface area (Å²) in [4.78, 5) is 12.0. The van der Waals surface area contributed by atoms with E-state index in [2.05, 4.69) is 10.6 Å². The second-order valence-corrected chi connectivity index (χ2v) is 5.94. The summed E-state index contributed by atoms with van der Waals surface area (Å²) in [6.45, 7) is 1.73. The fourth-order valence-corrected chi connectivity index (χ4v) is 2.80. The van der Waals surface area contributed by atoms with Gasteiger partial charge in [-0.1, -0.05) is 44.2 Å². The van der Waals surface area contributed by atoms with Gasteiger partial charge < -0.3 is 15.7 Å². The number of nitrogens with one attached hydrogen (secondary N) is 2. The molecule has 0 saturated heterocycles. The maximum atomic E-state index is 12.0. The van der Waals surface area contributed by atoms with E-state index in [1.165, 1.54) is 32.1 Å². The molecule has 1 aromatic rings. The molecule has 1 aliphatic carbocycles. The number of aliphatic hydroxyl groups is 1. The number of amides is 2. The fourth-order valence-electron chi connectivity index (χ4n) is 2.80. The molecule has 4 nitrogen and oxygen atoms in total. The highest BCUT2D eigenvalue weighted by Gasteiger charge is 2.14. The Kier molecular flexibility index (Phi) is 6.05. The molecule has 3 N–H and O–H groups in total. The molecule has 1 unspecified atom stereocenters. The monoisotopic (exact) mass is 290 g/mol. The van der Waals surface area contributed by atoms with Crippen LogP contribution in [0.4, 0.5) is 10.5 Å². The Morgan fingerprint density at radius 2 is 1.67 bits per heavy atom. The zero-order valence-electron chi connectivity index (χ0n) is 12.8. The van der Waals surface area contributed by atoms with Gasteiger partial charge in [-0.2, -0.15) is 0 Å². The molecule has 0 aliphatic heterocycles. The predicted molar refractivity (Wildman–Crippen MR) is 85.3 cm³/mol. The predicted octanol–water partition coefficient (Wildman–Crippen LogP) is 3.97.